The minimum absolute atomic E-state index is 0.0307. The number of carbonyl (C=O) groups excluding carboxylic acids is 3. The second-order valence-electron chi connectivity index (χ2n) is 6.09. The number of rotatable bonds is 5. The van der Waals surface area contributed by atoms with E-state index in [4.69, 9.17) is 29.6 Å². The van der Waals surface area contributed by atoms with Crippen LogP contribution in [0.3, 0.4) is 0 Å². The van der Waals surface area contributed by atoms with Gasteiger partial charge in [-0.1, -0.05) is 41.3 Å². The van der Waals surface area contributed by atoms with Crippen molar-refractivity contribution in [2.45, 2.75) is 6.54 Å². The lowest BCUT2D eigenvalue weighted by molar-refractivity contribution is -0.131. The molecule has 28 heavy (non-hydrogen) atoms. The van der Waals surface area contributed by atoms with Crippen LogP contribution in [0.25, 0.3) is 0 Å². The number of nitrogens with zero attached hydrogens (tertiary/aromatic N) is 2. The molecule has 0 atom stereocenters. The molecule has 2 aromatic carbocycles. The number of terminal acetylenes is 1. The molecule has 1 aliphatic heterocycles. The monoisotopic (exact) mass is 418 g/mol. The average molecular weight is 419 g/mol. The molecular formula is C20H13Cl2FN2O3. The van der Waals surface area contributed by atoms with Crippen molar-refractivity contribution in [1.29, 1.82) is 0 Å². The Morgan fingerprint density at radius 1 is 1.07 bits per heavy atom. The molecule has 0 bridgehead atoms. The molecule has 0 unspecified atom stereocenters. The molecule has 0 aliphatic carbocycles. The van der Waals surface area contributed by atoms with Crippen LogP contribution < -0.4 is 0 Å². The van der Waals surface area contributed by atoms with E-state index in [2.05, 4.69) is 5.92 Å². The summed E-state index contributed by atoms with van der Waals surface area (Å²) in [5, 5.41) is 0.278. The molecule has 3 rings (SSSR count). The molecule has 0 saturated heterocycles. The van der Waals surface area contributed by atoms with E-state index < -0.39 is 30.1 Å². The summed E-state index contributed by atoms with van der Waals surface area (Å²) in [7, 11) is 0. The topological polar surface area (TPSA) is 57.7 Å². The molecule has 3 amide bonds. The van der Waals surface area contributed by atoms with E-state index in [0.29, 0.717) is 5.56 Å². The Bertz CT molecular complexity index is 974. The van der Waals surface area contributed by atoms with E-state index in [0.717, 1.165) is 4.90 Å². The lowest BCUT2D eigenvalue weighted by atomic mass is 10.1. The fourth-order valence-electron chi connectivity index (χ4n) is 2.82. The van der Waals surface area contributed by atoms with Gasteiger partial charge in [-0.3, -0.25) is 19.3 Å². The largest absolute Gasteiger partial charge is 0.326 e. The summed E-state index contributed by atoms with van der Waals surface area (Å²) >= 11 is 11.8. The van der Waals surface area contributed by atoms with Crippen molar-refractivity contribution < 1.29 is 18.8 Å². The number of hydrogen-bond acceptors (Lipinski definition) is 3. The predicted octanol–water partition coefficient (Wildman–Crippen LogP) is 3.39. The fraction of sp³-hybridized carbons (Fsp3) is 0.150. The van der Waals surface area contributed by atoms with Crippen LogP contribution in [0.2, 0.25) is 10.0 Å². The van der Waals surface area contributed by atoms with E-state index in [-0.39, 0.29) is 34.3 Å². The number of benzene rings is 2. The maximum Gasteiger partial charge on any atom is 0.262 e. The summed E-state index contributed by atoms with van der Waals surface area (Å²) < 4.78 is 13.1. The van der Waals surface area contributed by atoms with Gasteiger partial charge in [-0.15, -0.1) is 6.42 Å². The van der Waals surface area contributed by atoms with Crippen LogP contribution in [-0.4, -0.2) is 40.6 Å². The van der Waals surface area contributed by atoms with Crippen molar-refractivity contribution in [2.75, 3.05) is 13.1 Å². The number of halogens is 3. The van der Waals surface area contributed by atoms with Gasteiger partial charge in [0.25, 0.3) is 11.8 Å². The van der Waals surface area contributed by atoms with Crippen molar-refractivity contribution >= 4 is 40.9 Å². The molecule has 0 fully saturated rings. The van der Waals surface area contributed by atoms with Gasteiger partial charge in [0.05, 0.1) is 27.7 Å². The highest BCUT2D eigenvalue weighted by Crippen LogP contribution is 2.31. The first-order valence-electron chi connectivity index (χ1n) is 8.12. The van der Waals surface area contributed by atoms with E-state index in [1.54, 1.807) is 0 Å². The summed E-state index contributed by atoms with van der Waals surface area (Å²) in [5.74, 6) is 0.187. The minimum atomic E-state index is -0.630. The zero-order valence-corrected chi connectivity index (χ0v) is 15.9. The quantitative estimate of drug-likeness (QED) is 0.552. The average Bonchev–Trinajstić information content (AvgIpc) is 2.88. The molecule has 0 saturated carbocycles. The van der Waals surface area contributed by atoms with Crippen LogP contribution in [0.4, 0.5) is 4.39 Å². The summed E-state index contributed by atoms with van der Waals surface area (Å²) in [6.07, 6.45) is 5.33. The number of carbonyl (C=O) groups is 3. The highest BCUT2D eigenvalue weighted by Gasteiger charge is 2.38. The minimum Gasteiger partial charge on any atom is -0.326 e. The normalized spacial score (nSPS) is 12.7. The van der Waals surface area contributed by atoms with E-state index in [1.165, 1.54) is 41.3 Å². The van der Waals surface area contributed by atoms with E-state index in [1.807, 2.05) is 0 Å². The van der Waals surface area contributed by atoms with E-state index in [9.17, 15) is 18.8 Å². The zero-order valence-electron chi connectivity index (χ0n) is 14.4. The van der Waals surface area contributed by atoms with Gasteiger partial charge in [-0.25, -0.2) is 4.39 Å². The molecule has 5 nitrogen and oxygen atoms in total. The molecule has 2 aromatic rings. The Balaban J connectivity index is 1.78. The van der Waals surface area contributed by atoms with Crippen LogP contribution in [0, 0.1) is 18.2 Å². The van der Waals surface area contributed by atoms with Crippen LogP contribution >= 0.6 is 23.2 Å². The van der Waals surface area contributed by atoms with Gasteiger partial charge in [0.2, 0.25) is 5.91 Å². The highest BCUT2D eigenvalue weighted by atomic mass is 35.5. The molecule has 1 heterocycles. The second kappa shape index (κ2) is 8.01. The standard InChI is InChI=1S/C20H13Cl2FN2O3/c1-2-7-24(10-12-3-5-13(23)6-4-12)18(26)11-25-19(27)14-8-16(21)17(22)9-15(14)20(25)28/h1,3-6,8-9H,7,10-11H2. The molecule has 142 valence electrons. The molecule has 1 aliphatic rings. The second-order valence-corrected chi connectivity index (χ2v) is 6.90. The van der Waals surface area contributed by atoms with Crippen LogP contribution in [0.1, 0.15) is 26.3 Å². The van der Waals surface area contributed by atoms with Crippen molar-refractivity contribution in [1.82, 2.24) is 9.80 Å². The SMILES string of the molecule is C#CCN(Cc1ccc(F)cc1)C(=O)CN1C(=O)c2cc(Cl)c(Cl)cc2C1=O. The Kier molecular flexibility index (Phi) is 5.68. The summed E-state index contributed by atoms with van der Waals surface area (Å²) in [4.78, 5) is 39.9. The molecule has 0 spiro atoms. The summed E-state index contributed by atoms with van der Waals surface area (Å²) in [6.45, 7) is -0.397. The van der Waals surface area contributed by atoms with E-state index >= 15 is 0 Å². The maximum atomic E-state index is 13.1. The van der Waals surface area contributed by atoms with Crippen LogP contribution in [0.15, 0.2) is 36.4 Å². The van der Waals surface area contributed by atoms with Crippen LogP contribution in [-0.2, 0) is 11.3 Å². The van der Waals surface area contributed by atoms with Crippen molar-refractivity contribution in [2.24, 2.45) is 0 Å². The smallest absolute Gasteiger partial charge is 0.262 e. The number of fused-ring (bicyclic) bond motifs is 1. The van der Waals surface area contributed by atoms with Gasteiger partial charge in [-0.05, 0) is 29.8 Å². The van der Waals surface area contributed by atoms with Gasteiger partial charge in [0.1, 0.15) is 12.4 Å². The third-order valence-corrected chi connectivity index (χ3v) is 4.95. The van der Waals surface area contributed by atoms with Gasteiger partial charge >= 0.3 is 0 Å². The van der Waals surface area contributed by atoms with Crippen molar-refractivity contribution in [3.05, 3.63) is 69.0 Å². The third-order valence-electron chi connectivity index (χ3n) is 4.23. The first-order chi connectivity index (χ1) is 13.3. The molecule has 0 N–H and O–H groups in total. The first-order valence-corrected chi connectivity index (χ1v) is 8.88. The van der Waals surface area contributed by atoms with Crippen LogP contribution in [0.5, 0.6) is 0 Å². The number of hydrogen-bond donors (Lipinski definition) is 0. The number of imide groups is 1. The Hall–Kier alpha value is -2.88. The fourth-order valence-corrected chi connectivity index (χ4v) is 3.14. The predicted molar refractivity (Wildman–Crippen MR) is 102 cm³/mol. The Morgan fingerprint density at radius 3 is 2.11 bits per heavy atom. The third kappa shape index (κ3) is 3.86. The van der Waals surface area contributed by atoms with Gasteiger partial charge < -0.3 is 4.90 Å². The van der Waals surface area contributed by atoms with Crippen molar-refractivity contribution in [3.63, 3.8) is 0 Å². The summed E-state index contributed by atoms with van der Waals surface area (Å²) in [5.41, 5.74) is 0.842. The summed E-state index contributed by atoms with van der Waals surface area (Å²) in [6, 6.07) is 8.20. The Morgan fingerprint density at radius 2 is 1.61 bits per heavy atom. The van der Waals surface area contributed by atoms with Crippen molar-refractivity contribution in [3.8, 4) is 12.3 Å². The zero-order chi connectivity index (χ0) is 20.4. The van der Waals surface area contributed by atoms with Gasteiger partial charge in [-0.2, -0.15) is 0 Å². The molecular weight excluding hydrogens is 406 g/mol. The molecule has 8 heteroatoms. The first kappa shape index (κ1) is 19.9. The molecule has 0 aromatic heterocycles. The van der Waals surface area contributed by atoms with Gasteiger partial charge in [0, 0.05) is 6.54 Å². The lowest BCUT2D eigenvalue weighted by Crippen LogP contribution is -2.42. The Labute approximate surface area is 170 Å². The molecule has 0 radical (unpaired) electrons. The number of amides is 3. The lowest BCUT2D eigenvalue weighted by Gasteiger charge is -2.23. The maximum absolute atomic E-state index is 13.1. The highest BCUT2D eigenvalue weighted by molar-refractivity contribution is 6.43. The van der Waals surface area contributed by atoms with Gasteiger partial charge in [0.15, 0.2) is 0 Å².